The first kappa shape index (κ1) is 32.3. The summed E-state index contributed by atoms with van der Waals surface area (Å²) < 4.78 is 32.9. The van der Waals surface area contributed by atoms with Crippen molar-refractivity contribution in [3.05, 3.63) is 119 Å². The summed E-state index contributed by atoms with van der Waals surface area (Å²) in [7, 11) is 0. The minimum absolute atomic E-state index is 0.169. The van der Waals surface area contributed by atoms with Crippen molar-refractivity contribution in [1.82, 2.24) is 9.80 Å². The summed E-state index contributed by atoms with van der Waals surface area (Å²) in [6.45, 7) is 3.19. The van der Waals surface area contributed by atoms with Crippen LogP contribution in [0.3, 0.4) is 0 Å². The fourth-order valence-corrected chi connectivity index (χ4v) is 5.38. The highest BCUT2D eigenvalue weighted by molar-refractivity contribution is 7.10. The first-order valence-corrected chi connectivity index (χ1v) is 15.2. The Hall–Kier alpha value is -5.11. The zero-order chi connectivity index (χ0) is 32.5. The molecule has 1 saturated heterocycles. The number of benzene rings is 3. The number of rotatable bonds is 12. The van der Waals surface area contributed by atoms with Crippen molar-refractivity contribution in [2.24, 2.45) is 0 Å². The quantitative estimate of drug-likeness (QED) is 0.126. The van der Waals surface area contributed by atoms with Crippen molar-refractivity contribution in [3.63, 3.8) is 0 Å². The topological polar surface area (TPSA) is 151 Å². The van der Waals surface area contributed by atoms with Crippen LogP contribution in [0.15, 0.2) is 91.0 Å². The van der Waals surface area contributed by atoms with Gasteiger partial charge in [-0.1, -0.05) is 54.6 Å². The van der Waals surface area contributed by atoms with Crippen LogP contribution in [0.2, 0.25) is 0 Å². The number of aryl methyl sites for hydroxylation is 1. The molecule has 12 nitrogen and oxygen atoms in total. The molecular formula is C33H31N3O9S. The number of aromatic nitrogens is 1. The zero-order valence-corrected chi connectivity index (χ0v) is 25.7. The van der Waals surface area contributed by atoms with Gasteiger partial charge >= 0.3 is 23.9 Å². The van der Waals surface area contributed by atoms with Gasteiger partial charge in [-0.25, -0.2) is 24.6 Å². The van der Waals surface area contributed by atoms with E-state index >= 15 is 0 Å². The van der Waals surface area contributed by atoms with Gasteiger partial charge in [0, 0.05) is 0 Å². The molecule has 1 fully saturated rings. The van der Waals surface area contributed by atoms with Crippen molar-refractivity contribution in [1.29, 1.82) is 0 Å². The largest absolute Gasteiger partial charge is 0.462 e. The number of hydrogen-bond acceptors (Lipinski definition) is 13. The molecule has 0 aliphatic carbocycles. The van der Waals surface area contributed by atoms with Gasteiger partial charge in [-0.2, -0.15) is 4.37 Å². The van der Waals surface area contributed by atoms with E-state index in [-0.39, 0.29) is 29.9 Å². The molecule has 4 atom stereocenters. The van der Waals surface area contributed by atoms with E-state index < -0.39 is 48.4 Å². The summed E-state index contributed by atoms with van der Waals surface area (Å²) in [6.07, 6.45) is -4.69. The number of hydrogen-bond donors (Lipinski definition) is 2. The van der Waals surface area contributed by atoms with Gasteiger partial charge < -0.3 is 29.1 Å². The second kappa shape index (κ2) is 15.3. The van der Waals surface area contributed by atoms with Crippen LogP contribution >= 0.6 is 11.5 Å². The highest BCUT2D eigenvalue weighted by atomic mass is 32.1. The van der Waals surface area contributed by atoms with Gasteiger partial charge in [0.15, 0.2) is 18.4 Å². The van der Waals surface area contributed by atoms with E-state index in [0.717, 1.165) is 11.5 Å². The van der Waals surface area contributed by atoms with Crippen molar-refractivity contribution >= 4 is 40.4 Å². The number of nitrogens with zero attached hydrogens (tertiary/aromatic N) is 1. The first-order valence-electron chi connectivity index (χ1n) is 14.4. The van der Waals surface area contributed by atoms with E-state index in [1.807, 2.05) is 0 Å². The normalized spacial score (nSPS) is 18.7. The molecule has 1 aromatic heterocycles. The van der Waals surface area contributed by atoms with Crippen molar-refractivity contribution in [2.45, 2.75) is 38.4 Å². The minimum Gasteiger partial charge on any atom is -0.462 e. The average Bonchev–Trinajstić information content (AvgIpc) is 3.62. The van der Waals surface area contributed by atoms with Gasteiger partial charge in [-0.3, -0.25) is 0 Å². The second-order valence-electron chi connectivity index (χ2n) is 9.99. The third kappa shape index (κ3) is 7.75. The summed E-state index contributed by atoms with van der Waals surface area (Å²) >= 11 is 1.00. The Morgan fingerprint density at radius 2 is 1.26 bits per heavy atom. The van der Waals surface area contributed by atoms with Crippen LogP contribution in [0.1, 0.15) is 54.0 Å². The highest BCUT2D eigenvalue weighted by Crippen LogP contribution is 2.30. The van der Waals surface area contributed by atoms with E-state index in [1.54, 1.807) is 105 Å². The number of hydrazine groups is 1. The van der Waals surface area contributed by atoms with Crippen LogP contribution in [0.5, 0.6) is 0 Å². The molecule has 4 aromatic rings. The SMILES string of the molecule is CCOC(=O)c1c(C)nsc1NN[C@@H]1O[C@H](COC(=O)c2ccccc2)[C@@H](OC(=O)c2ccccc2)[C@H]1OC(=O)c1ccccc1. The van der Waals surface area contributed by atoms with Gasteiger partial charge in [0.05, 0.1) is 29.0 Å². The van der Waals surface area contributed by atoms with Crippen LogP contribution in [0.4, 0.5) is 5.00 Å². The molecule has 1 aliphatic heterocycles. The smallest absolute Gasteiger partial charge is 0.343 e. The second-order valence-corrected chi connectivity index (χ2v) is 10.8. The maximum absolute atomic E-state index is 13.3. The van der Waals surface area contributed by atoms with E-state index in [9.17, 15) is 19.2 Å². The number of ether oxygens (including phenoxy) is 5. The Balaban J connectivity index is 1.43. The number of nitrogens with one attached hydrogen (secondary N) is 2. The molecule has 3 aromatic carbocycles. The van der Waals surface area contributed by atoms with Crippen LogP contribution < -0.4 is 10.9 Å². The third-order valence-electron chi connectivity index (χ3n) is 6.87. The van der Waals surface area contributed by atoms with Gasteiger partial charge in [0.2, 0.25) is 0 Å². The molecule has 46 heavy (non-hydrogen) atoms. The standard InChI is InChI=1S/C33H31N3O9S/c1-3-41-33(40)25-20(2)36-46-29(25)35-34-28-27(45-32(39)23-17-11-6-12-18-23)26(44-31(38)22-15-9-5-10-16-22)24(43-28)19-42-30(37)21-13-7-4-8-14-21/h4-18,24,26-28,34-35H,3,19H2,1-2H3/t24-,26-,27-,28-/m1/s1. The Bertz CT molecular complexity index is 1650. The lowest BCUT2D eigenvalue weighted by atomic mass is 10.1. The number of carbonyl (C=O) groups excluding carboxylic acids is 4. The van der Waals surface area contributed by atoms with E-state index in [4.69, 9.17) is 23.7 Å². The molecule has 5 rings (SSSR count). The average molecular weight is 646 g/mol. The predicted octanol–water partition coefficient (Wildman–Crippen LogP) is 4.58. The number of carbonyl (C=O) groups is 4. The van der Waals surface area contributed by atoms with E-state index in [0.29, 0.717) is 16.3 Å². The Morgan fingerprint density at radius 3 is 1.80 bits per heavy atom. The highest BCUT2D eigenvalue weighted by Gasteiger charge is 2.50. The summed E-state index contributed by atoms with van der Waals surface area (Å²) in [5, 5.41) is 0.324. The molecule has 0 radical (unpaired) electrons. The summed E-state index contributed by atoms with van der Waals surface area (Å²) in [5.74, 6) is -2.60. The Kier molecular flexibility index (Phi) is 10.7. The van der Waals surface area contributed by atoms with Crippen molar-refractivity contribution in [3.8, 4) is 0 Å². The van der Waals surface area contributed by atoms with E-state index in [1.165, 1.54) is 0 Å². The monoisotopic (exact) mass is 645 g/mol. The maximum Gasteiger partial charge on any atom is 0.343 e. The van der Waals surface area contributed by atoms with Crippen molar-refractivity contribution < 1.29 is 42.9 Å². The first-order chi connectivity index (χ1) is 22.4. The molecule has 0 saturated carbocycles. The molecular weight excluding hydrogens is 614 g/mol. The van der Waals surface area contributed by atoms with Crippen LogP contribution in [0, 0.1) is 6.92 Å². The van der Waals surface area contributed by atoms with Gasteiger partial charge in [0.25, 0.3) is 0 Å². The van der Waals surface area contributed by atoms with Crippen molar-refractivity contribution in [2.75, 3.05) is 18.6 Å². The molecule has 238 valence electrons. The minimum atomic E-state index is -1.24. The fraction of sp³-hybridized carbons (Fsp3) is 0.242. The molecule has 2 heterocycles. The molecule has 1 aliphatic rings. The lowest BCUT2D eigenvalue weighted by Gasteiger charge is -2.25. The summed E-state index contributed by atoms with van der Waals surface area (Å²) in [5.41, 5.74) is 7.34. The Morgan fingerprint density at radius 1 is 0.739 bits per heavy atom. The third-order valence-corrected chi connectivity index (χ3v) is 7.73. The summed E-state index contributed by atoms with van der Waals surface area (Å²) in [6, 6.07) is 24.9. The lowest BCUT2D eigenvalue weighted by Crippen LogP contribution is -2.47. The van der Waals surface area contributed by atoms with Gasteiger partial charge in [-0.15, -0.1) is 0 Å². The molecule has 13 heteroatoms. The zero-order valence-electron chi connectivity index (χ0n) is 24.9. The fourth-order valence-electron chi connectivity index (χ4n) is 4.63. The molecule has 0 spiro atoms. The number of anilines is 1. The molecule has 0 unspecified atom stereocenters. The van der Waals surface area contributed by atoms with E-state index in [2.05, 4.69) is 15.2 Å². The summed E-state index contributed by atoms with van der Waals surface area (Å²) in [4.78, 5) is 51.9. The van der Waals surface area contributed by atoms with Gasteiger partial charge in [-0.05, 0) is 61.8 Å². The molecule has 0 bridgehead atoms. The maximum atomic E-state index is 13.3. The van der Waals surface area contributed by atoms with Gasteiger partial charge in [0.1, 0.15) is 23.3 Å². The van der Waals surface area contributed by atoms with Crippen LogP contribution in [-0.2, 0) is 23.7 Å². The predicted molar refractivity (Wildman–Crippen MR) is 166 cm³/mol. The van der Waals surface area contributed by atoms with Crippen LogP contribution in [0.25, 0.3) is 0 Å². The molecule has 0 amide bonds. The molecule has 2 N–H and O–H groups in total. The van der Waals surface area contributed by atoms with Crippen LogP contribution in [-0.4, -0.2) is 66.0 Å². The number of esters is 4. The Labute approximate surface area is 268 Å². The lowest BCUT2D eigenvalue weighted by molar-refractivity contribution is -0.0467.